The lowest BCUT2D eigenvalue weighted by molar-refractivity contribution is -0.142. The van der Waals surface area contributed by atoms with Crippen LogP contribution in [0.5, 0.6) is 0 Å². The molecule has 0 aliphatic carbocycles. The molecule has 15 heteroatoms. The van der Waals surface area contributed by atoms with Gasteiger partial charge in [-0.3, -0.25) is 24.2 Å². The largest absolute Gasteiger partial charge is 0.480 e. The number of nitrogens with one attached hydrogen (secondary N) is 3. The maximum atomic E-state index is 13.0. The number of primary amides is 1. The lowest BCUT2D eigenvalue weighted by Crippen LogP contribution is -2.57. The third kappa shape index (κ3) is 15.3. The quantitative estimate of drug-likeness (QED) is 0.0463. The monoisotopic (exact) mass is 529 g/mol. The molecule has 212 valence electrons. The van der Waals surface area contributed by atoms with E-state index in [4.69, 9.17) is 28.7 Å². The van der Waals surface area contributed by atoms with Crippen LogP contribution >= 0.6 is 0 Å². The van der Waals surface area contributed by atoms with Gasteiger partial charge in [-0.15, -0.1) is 0 Å². The van der Waals surface area contributed by atoms with E-state index in [1.54, 1.807) is 0 Å². The summed E-state index contributed by atoms with van der Waals surface area (Å²) in [5.41, 5.74) is 27.1. The minimum Gasteiger partial charge on any atom is -0.480 e. The first kappa shape index (κ1) is 33.5. The average molecular weight is 530 g/mol. The van der Waals surface area contributed by atoms with Crippen molar-refractivity contribution in [3.05, 3.63) is 0 Å². The van der Waals surface area contributed by atoms with Crippen molar-refractivity contribution in [1.29, 1.82) is 0 Å². The number of unbranched alkanes of at least 4 members (excludes halogenated alkanes) is 1. The lowest BCUT2D eigenvalue weighted by atomic mass is 10.0. The van der Waals surface area contributed by atoms with Crippen LogP contribution in [0.1, 0.15) is 58.8 Å². The third-order valence-electron chi connectivity index (χ3n) is 5.24. The van der Waals surface area contributed by atoms with Crippen molar-refractivity contribution < 1.29 is 29.1 Å². The number of carbonyl (C=O) groups is 5. The first-order chi connectivity index (χ1) is 17.3. The Bertz CT molecular complexity index is 802. The number of hydrogen-bond donors (Lipinski definition) is 9. The number of guanidine groups is 1. The Balaban J connectivity index is 5.51. The molecule has 4 amide bonds. The maximum Gasteiger partial charge on any atom is 0.326 e. The van der Waals surface area contributed by atoms with Crippen LogP contribution in [-0.4, -0.2) is 77.9 Å². The number of rotatable bonds is 19. The fraction of sp³-hybridized carbons (Fsp3) is 0.727. The van der Waals surface area contributed by atoms with Gasteiger partial charge in [0, 0.05) is 6.54 Å². The summed E-state index contributed by atoms with van der Waals surface area (Å²) in [5, 5.41) is 16.8. The molecule has 0 aromatic heterocycles. The summed E-state index contributed by atoms with van der Waals surface area (Å²) in [6.07, 6.45) is 1.28. The molecule has 37 heavy (non-hydrogen) atoms. The molecule has 0 radical (unpaired) electrons. The lowest BCUT2D eigenvalue weighted by Gasteiger charge is -2.25. The molecule has 4 atom stereocenters. The first-order valence-corrected chi connectivity index (χ1v) is 12.2. The van der Waals surface area contributed by atoms with E-state index in [2.05, 4.69) is 20.9 Å². The number of nitrogens with two attached hydrogens (primary N) is 5. The average Bonchev–Trinajstić information content (AvgIpc) is 2.78. The Labute approximate surface area is 216 Å². The zero-order chi connectivity index (χ0) is 28.5. The van der Waals surface area contributed by atoms with E-state index in [9.17, 15) is 29.1 Å². The number of aliphatic carboxylic acids is 1. The van der Waals surface area contributed by atoms with Crippen molar-refractivity contribution in [2.24, 2.45) is 39.6 Å². The number of aliphatic imine (C=N–C) groups is 1. The van der Waals surface area contributed by atoms with Crippen LogP contribution in [0.25, 0.3) is 0 Å². The molecule has 0 saturated carbocycles. The van der Waals surface area contributed by atoms with E-state index in [-0.39, 0.29) is 37.7 Å². The second-order valence-corrected chi connectivity index (χ2v) is 9.16. The van der Waals surface area contributed by atoms with Crippen LogP contribution < -0.4 is 44.6 Å². The molecule has 0 fully saturated rings. The van der Waals surface area contributed by atoms with Gasteiger partial charge in [-0.2, -0.15) is 0 Å². The molecule has 0 heterocycles. The summed E-state index contributed by atoms with van der Waals surface area (Å²) in [7, 11) is 0. The Morgan fingerprint density at radius 2 is 1.35 bits per heavy atom. The minimum atomic E-state index is -1.37. The predicted molar refractivity (Wildman–Crippen MR) is 137 cm³/mol. The summed E-state index contributed by atoms with van der Waals surface area (Å²) in [6, 6.07) is -4.70. The molecule has 0 aromatic rings. The smallest absolute Gasteiger partial charge is 0.326 e. The number of carboxylic acid groups (broad SMARTS) is 1. The Morgan fingerprint density at radius 3 is 1.86 bits per heavy atom. The molecule has 0 aliphatic heterocycles. The fourth-order valence-corrected chi connectivity index (χ4v) is 3.37. The van der Waals surface area contributed by atoms with Crippen LogP contribution in [0, 0.1) is 5.92 Å². The minimum absolute atomic E-state index is 0.0371. The third-order valence-corrected chi connectivity index (χ3v) is 5.24. The molecule has 15 nitrogen and oxygen atoms in total. The molecule has 0 saturated heterocycles. The summed E-state index contributed by atoms with van der Waals surface area (Å²) in [4.78, 5) is 65.3. The van der Waals surface area contributed by atoms with E-state index in [0.29, 0.717) is 25.8 Å². The van der Waals surface area contributed by atoms with Crippen molar-refractivity contribution in [3.63, 3.8) is 0 Å². The van der Waals surface area contributed by atoms with Gasteiger partial charge in [0.1, 0.15) is 18.1 Å². The fourth-order valence-electron chi connectivity index (χ4n) is 3.37. The van der Waals surface area contributed by atoms with Crippen LogP contribution in [0.2, 0.25) is 0 Å². The molecular formula is C22H43N9O6. The zero-order valence-corrected chi connectivity index (χ0v) is 21.6. The number of nitrogens with zero attached hydrogens (tertiary/aromatic N) is 1. The predicted octanol–water partition coefficient (Wildman–Crippen LogP) is -3.04. The molecule has 0 aliphatic rings. The van der Waals surface area contributed by atoms with Gasteiger partial charge in [-0.1, -0.05) is 13.8 Å². The van der Waals surface area contributed by atoms with Crippen LogP contribution in [0.3, 0.4) is 0 Å². The maximum absolute atomic E-state index is 13.0. The van der Waals surface area contributed by atoms with Gasteiger partial charge >= 0.3 is 5.97 Å². The number of carbonyl (C=O) groups excluding carboxylic acids is 4. The second-order valence-electron chi connectivity index (χ2n) is 9.16. The molecular weight excluding hydrogens is 486 g/mol. The van der Waals surface area contributed by atoms with Gasteiger partial charge in [0.05, 0.1) is 12.5 Å². The van der Waals surface area contributed by atoms with E-state index in [1.807, 2.05) is 13.8 Å². The van der Waals surface area contributed by atoms with Crippen LogP contribution in [0.4, 0.5) is 0 Å². The van der Waals surface area contributed by atoms with E-state index >= 15 is 0 Å². The van der Waals surface area contributed by atoms with Crippen LogP contribution in [-0.2, 0) is 24.0 Å². The Morgan fingerprint density at radius 1 is 0.811 bits per heavy atom. The summed E-state index contributed by atoms with van der Waals surface area (Å²) in [5.74, 6) is -4.39. The molecule has 0 spiro atoms. The van der Waals surface area contributed by atoms with Crippen molar-refractivity contribution in [1.82, 2.24) is 16.0 Å². The standard InChI is InChI=1S/C22H43N9O6/c1-12(2)10-13(24)18(33)31-16(11-17(25)32)20(35)29-14(6-3-4-8-23)19(34)30-15(21(36)37)7-5-9-28-22(26)27/h12-16H,3-11,23-24H2,1-2H3,(H2,25,32)(H,29,35)(H,30,34)(H,31,33)(H,36,37)(H4,26,27,28). The Kier molecular flexibility index (Phi) is 16.2. The van der Waals surface area contributed by atoms with Gasteiger partial charge in [0.2, 0.25) is 23.6 Å². The molecule has 0 rings (SSSR count). The summed E-state index contributed by atoms with van der Waals surface area (Å²) >= 11 is 0. The van der Waals surface area contributed by atoms with Crippen molar-refractivity contribution in [3.8, 4) is 0 Å². The summed E-state index contributed by atoms with van der Waals surface area (Å²) < 4.78 is 0. The molecule has 0 bridgehead atoms. The molecule has 4 unspecified atom stereocenters. The van der Waals surface area contributed by atoms with Gasteiger partial charge in [-0.05, 0) is 51.0 Å². The Hall–Kier alpha value is -3.46. The van der Waals surface area contributed by atoms with Gasteiger partial charge in [0.25, 0.3) is 0 Å². The van der Waals surface area contributed by atoms with E-state index < -0.39 is 60.2 Å². The van der Waals surface area contributed by atoms with Gasteiger partial charge in [0.15, 0.2) is 5.96 Å². The number of amides is 4. The number of carboxylic acids is 1. The highest BCUT2D eigenvalue weighted by atomic mass is 16.4. The topological polar surface area (TPSA) is 284 Å². The van der Waals surface area contributed by atoms with Gasteiger partial charge in [-0.25, -0.2) is 4.79 Å². The number of hydrogen-bond acceptors (Lipinski definition) is 8. The van der Waals surface area contributed by atoms with Crippen molar-refractivity contribution in [2.75, 3.05) is 13.1 Å². The van der Waals surface area contributed by atoms with Gasteiger partial charge < -0.3 is 49.7 Å². The second kappa shape index (κ2) is 17.9. The highest BCUT2D eigenvalue weighted by molar-refractivity contribution is 5.96. The highest BCUT2D eigenvalue weighted by Crippen LogP contribution is 2.07. The summed E-state index contributed by atoms with van der Waals surface area (Å²) in [6.45, 7) is 4.26. The SMILES string of the molecule is CC(C)CC(N)C(=O)NC(CC(N)=O)C(=O)NC(CCCCN)C(=O)NC(CCCN=C(N)N)C(=O)O. The molecule has 0 aromatic carbocycles. The first-order valence-electron chi connectivity index (χ1n) is 12.2. The normalized spacial score (nSPS) is 14.1. The van der Waals surface area contributed by atoms with E-state index in [1.165, 1.54) is 0 Å². The highest BCUT2D eigenvalue weighted by Gasteiger charge is 2.31. The van der Waals surface area contributed by atoms with E-state index in [0.717, 1.165) is 0 Å². The van der Waals surface area contributed by atoms with Crippen molar-refractivity contribution >= 4 is 35.6 Å². The van der Waals surface area contributed by atoms with Crippen molar-refractivity contribution in [2.45, 2.75) is 83.0 Å². The zero-order valence-electron chi connectivity index (χ0n) is 21.6. The molecule has 14 N–H and O–H groups in total. The van der Waals surface area contributed by atoms with Crippen LogP contribution in [0.15, 0.2) is 4.99 Å².